The number of hydrogen-bond acceptors (Lipinski definition) is 2. The highest BCUT2D eigenvalue weighted by Crippen LogP contribution is 2.39. The molecule has 0 spiro atoms. The predicted molar refractivity (Wildman–Crippen MR) is 48.9 cm³/mol. The highest BCUT2D eigenvalue weighted by Gasteiger charge is 2.29. The molecule has 1 saturated carbocycles. The molecule has 0 radical (unpaired) electrons. The van der Waals surface area contributed by atoms with Crippen molar-refractivity contribution in [1.82, 2.24) is 4.98 Å². The summed E-state index contributed by atoms with van der Waals surface area (Å²) in [5, 5.41) is 0.529. The molecule has 2 rings (SSSR count). The van der Waals surface area contributed by atoms with Crippen molar-refractivity contribution < 1.29 is 0 Å². The van der Waals surface area contributed by atoms with Crippen molar-refractivity contribution in [2.24, 2.45) is 11.7 Å². The standard InChI is InChI=1S/C9H11ClN2/c10-8-4-3-7(5-12-8)9(11)6-1-2-6/h3-6,9H,1-2,11H2. The van der Waals surface area contributed by atoms with Crippen molar-refractivity contribution in [3.05, 3.63) is 29.0 Å². The Bertz CT molecular complexity index is 266. The molecule has 1 unspecified atom stereocenters. The predicted octanol–water partition coefficient (Wildman–Crippen LogP) is 2.14. The first-order valence-corrected chi connectivity index (χ1v) is 4.52. The summed E-state index contributed by atoms with van der Waals surface area (Å²) in [6.45, 7) is 0. The van der Waals surface area contributed by atoms with Gasteiger partial charge in [-0.3, -0.25) is 0 Å². The molecule has 0 amide bonds. The van der Waals surface area contributed by atoms with E-state index in [4.69, 9.17) is 17.3 Å². The number of halogens is 1. The Balaban J connectivity index is 2.16. The molecule has 64 valence electrons. The molecule has 1 atom stereocenters. The molecule has 1 aliphatic rings. The van der Waals surface area contributed by atoms with Crippen molar-refractivity contribution >= 4 is 11.6 Å². The molecular formula is C9H11ClN2. The van der Waals surface area contributed by atoms with E-state index in [-0.39, 0.29) is 6.04 Å². The van der Waals surface area contributed by atoms with Gasteiger partial charge in [-0.25, -0.2) is 4.98 Å². The van der Waals surface area contributed by atoms with E-state index in [2.05, 4.69) is 4.98 Å². The average molecular weight is 183 g/mol. The van der Waals surface area contributed by atoms with E-state index in [1.807, 2.05) is 6.07 Å². The van der Waals surface area contributed by atoms with Crippen LogP contribution in [0.1, 0.15) is 24.4 Å². The van der Waals surface area contributed by atoms with Crippen LogP contribution in [0.5, 0.6) is 0 Å². The molecule has 2 N–H and O–H groups in total. The molecule has 0 aliphatic heterocycles. The number of pyridine rings is 1. The van der Waals surface area contributed by atoms with Crippen LogP contribution < -0.4 is 5.73 Å². The van der Waals surface area contributed by atoms with Gasteiger partial charge in [0.15, 0.2) is 0 Å². The maximum absolute atomic E-state index is 5.97. The average Bonchev–Trinajstić information content (AvgIpc) is 2.87. The number of nitrogens with two attached hydrogens (primary N) is 1. The summed E-state index contributed by atoms with van der Waals surface area (Å²) in [4.78, 5) is 4.00. The molecule has 1 aromatic rings. The molecule has 2 nitrogen and oxygen atoms in total. The fourth-order valence-electron chi connectivity index (χ4n) is 1.31. The first-order chi connectivity index (χ1) is 5.77. The van der Waals surface area contributed by atoms with E-state index in [9.17, 15) is 0 Å². The van der Waals surface area contributed by atoms with Crippen LogP contribution in [-0.2, 0) is 0 Å². The van der Waals surface area contributed by atoms with Crippen molar-refractivity contribution in [2.45, 2.75) is 18.9 Å². The van der Waals surface area contributed by atoms with Gasteiger partial charge in [-0.1, -0.05) is 17.7 Å². The number of aromatic nitrogens is 1. The van der Waals surface area contributed by atoms with E-state index in [0.717, 1.165) is 5.56 Å². The van der Waals surface area contributed by atoms with Crippen molar-refractivity contribution in [3.8, 4) is 0 Å². The second kappa shape index (κ2) is 3.04. The van der Waals surface area contributed by atoms with Crippen LogP contribution in [0.2, 0.25) is 5.15 Å². The summed E-state index contributed by atoms with van der Waals surface area (Å²) in [5.41, 5.74) is 7.07. The molecule has 0 aromatic carbocycles. The Labute approximate surface area is 76.7 Å². The first kappa shape index (κ1) is 8.02. The van der Waals surface area contributed by atoms with E-state index < -0.39 is 0 Å². The van der Waals surface area contributed by atoms with Crippen molar-refractivity contribution in [2.75, 3.05) is 0 Å². The molecule has 0 saturated heterocycles. The summed E-state index contributed by atoms with van der Waals surface area (Å²) >= 11 is 5.66. The Morgan fingerprint density at radius 2 is 2.25 bits per heavy atom. The Kier molecular flexibility index (Phi) is 2.03. The van der Waals surface area contributed by atoms with E-state index in [1.165, 1.54) is 12.8 Å². The Hall–Kier alpha value is -0.600. The van der Waals surface area contributed by atoms with E-state index in [0.29, 0.717) is 11.1 Å². The normalized spacial score (nSPS) is 19.2. The van der Waals surface area contributed by atoms with Crippen molar-refractivity contribution in [1.29, 1.82) is 0 Å². The van der Waals surface area contributed by atoms with Crippen LogP contribution in [0.15, 0.2) is 18.3 Å². The smallest absolute Gasteiger partial charge is 0.129 e. The maximum atomic E-state index is 5.97. The number of hydrogen-bond donors (Lipinski definition) is 1. The third-order valence-corrected chi connectivity index (χ3v) is 2.49. The van der Waals surface area contributed by atoms with Crippen molar-refractivity contribution in [3.63, 3.8) is 0 Å². The zero-order chi connectivity index (χ0) is 8.55. The van der Waals surface area contributed by atoms with Gasteiger partial charge in [0.1, 0.15) is 5.15 Å². The summed E-state index contributed by atoms with van der Waals surface area (Å²) in [6.07, 6.45) is 4.28. The second-order valence-corrected chi connectivity index (χ2v) is 3.66. The van der Waals surface area contributed by atoms with Crippen LogP contribution in [0, 0.1) is 5.92 Å². The topological polar surface area (TPSA) is 38.9 Å². The second-order valence-electron chi connectivity index (χ2n) is 3.28. The van der Waals surface area contributed by atoms with Crippen LogP contribution in [0.25, 0.3) is 0 Å². The lowest BCUT2D eigenvalue weighted by molar-refractivity contribution is 0.631. The van der Waals surface area contributed by atoms with Gasteiger partial charge < -0.3 is 5.73 Å². The van der Waals surface area contributed by atoms with Gasteiger partial charge in [0.25, 0.3) is 0 Å². The summed E-state index contributed by atoms with van der Waals surface area (Å²) in [5.74, 6) is 0.674. The third-order valence-electron chi connectivity index (χ3n) is 2.27. The molecular weight excluding hydrogens is 172 g/mol. The van der Waals surface area contributed by atoms with Crippen LogP contribution >= 0.6 is 11.6 Å². The fraction of sp³-hybridized carbons (Fsp3) is 0.444. The minimum atomic E-state index is 0.162. The van der Waals surface area contributed by atoms with E-state index in [1.54, 1.807) is 12.3 Å². The zero-order valence-corrected chi connectivity index (χ0v) is 7.46. The van der Waals surface area contributed by atoms with Crippen LogP contribution in [0.4, 0.5) is 0 Å². The van der Waals surface area contributed by atoms with Gasteiger partial charge in [0, 0.05) is 12.2 Å². The van der Waals surface area contributed by atoms with Gasteiger partial charge in [0.2, 0.25) is 0 Å². The number of nitrogens with zero attached hydrogens (tertiary/aromatic N) is 1. The third kappa shape index (κ3) is 1.59. The Morgan fingerprint density at radius 3 is 2.75 bits per heavy atom. The van der Waals surface area contributed by atoms with Gasteiger partial charge in [-0.15, -0.1) is 0 Å². The lowest BCUT2D eigenvalue weighted by Crippen LogP contribution is -2.12. The summed E-state index contributed by atoms with van der Waals surface area (Å²) in [7, 11) is 0. The van der Waals surface area contributed by atoms with Gasteiger partial charge >= 0.3 is 0 Å². The minimum absolute atomic E-state index is 0.162. The SMILES string of the molecule is NC(c1ccc(Cl)nc1)C1CC1. The monoisotopic (exact) mass is 182 g/mol. The highest BCUT2D eigenvalue weighted by molar-refractivity contribution is 6.29. The quantitative estimate of drug-likeness (QED) is 0.712. The van der Waals surface area contributed by atoms with Gasteiger partial charge in [-0.2, -0.15) is 0 Å². The molecule has 0 bridgehead atoms. The lowest BCUT2D eigenvalue weighted by Gasteiger charge is -2.08. The zero-order valence-electron chi connectivity index (χ0n) is 6.70. The number of rotatable bonds is 2. The molecule has 12 heavy (non-hydrogen) atoms. The van der Waals surface area contributed by atoms with Crippen LogP contribution in [-0.4, -0.2) is 4.98 Å². The highest BCUT2D eigenvalue weighted by atomic mass is 35.5. The van der Waals surface area contributed by atoms with Gasteiger partial charge in [0.05, 0.1) is 0 Å². The molecule has 1 fully saturated rings. The fourth-order valence-corrected chi connectivity index (χ4v) is 1.42. The molecule has 1 heterocycles. The minimum Gasteiger partial charge on any atom is -0.324 e. The van der Waals surface area contributed by atoms with Crippen LogP contribution in [0.3, 0.4) is 0 Å². The molecule has 3 heteroatoms. The summed E-state index contributed by atoms with van der Waals surface area (Å²) in [6, 6.07) is 3.91. The largest absolute Gasteiger partial charge is 0.324 e. The molecule has 1 aromatic heterocycles. The summed E-state index contributed by atoms with van der Waals surface area (Å²) < 4.78 is 0. The maximum Gasteiger partial charge on any atom is 0.129 e. The van der Waals surface area contributed by atoms with Gasteiger partial charge in [-0.05, 0) is 30.4 Å². The van der Waals surface area contributed by atoms with E-state index >= 15 is 0 Å². The first-order valence-electron chi connectivity index (χ1n) is 4.14. The molecule has 1 aliphatic carbocycles. The Morgan fingerprint density at radius 1 is 1.50 bits per heavy atom. The lowest BCUT2D eigenvalue weighted by atomic mass is 10.1.